The van der Waals surface area contributed by atoms with Crippen LogP contribution in [-0.2, 0) is 9.53 Å². The highest BCUT2D eigenvalue weighted by Crippen LogP contribution is 2.50. The van der Waals surface area contributed by atoms with Crippen LogP contribution in [0.4, 0.5) is 22.0 Å². The van der Waals surface area contributed by atoms with E-state index in [-0.39, 0.29) is 30.3 Å². The van der Waals surface area contributed by atoms with Gasteiger partial charge in [0.25, 0.3) is 5.92 Å². The van der Waals surface area contributed by atoms with E-state index < -0.39 is 34.5 Å². The van der Waals surface area contributed by atoms with Crippen molar-refractivity contribution in [3.05, 3.63) is 12.3 Å². The monoisotopic (exact) mass is 522 g/mol. The summed E-state index contributed by atoms with van der Waals surface area (Å²) in [5, 5.41) is 0. The van der Waals surface area contributed by atoms with Crippen LogP contribution in [0.15, 0.2) is 12.3 Å². The second kappa shape index (κ2) is 10.9. The molecule has 0 saturated heterocycles. The van der Waals surface area contributed by atoms with E-state index in [1.54, 1.807) is 6.92 Å². The third kappa shape index (κ3) is 6.46. The Bertz CT molecular complexity index is 765. The van der Waals surface area contributed by atoms with Gasteiger partial charge in [-0.15, -0.1) is 0 Å². The predicted octanol–water partition coefficient (Wildman–Crippen LogP) is 9.12. The van der Waals surface area contributed by atoms with Gasteiger partial charge in [0.05, 0.1) is 6.10 Å². The van der Waals surface area contributed by atoms with Crippen LogP contribution < -0.4 is 0 Å². The third-order valence-corrected chi connectivity index (χ3v) is 9.92. The number of alkyl halides is 5. The molecule has 2 aliphatic carbocycles. The average molecular weight is 523 g/mol. The first-order valence-corrected chi connectivity index (χ1v) is 13.6. The predicted molar refractivity (Wildman–Crippen MR) is 134 cm³/mol. The molecule has 2 aliphatic rings. The molecule has 3 unspecified atom stereocenters. The van der Waals surface area contributed by atoms with E-state index >= 15 is 0 Å². The molecule has 2 saturated carbocycles. The number of rotatable bonds is 11. The van der Waals surface area contributed by atoms with Crippen molar-refractivity contribution in [3.63, 3.8) is 0 Å². The number of hydrogen-bond acceptors (Lipinski definition) is 2. The summed E-state index contributed by atoms with van der Waals surface area (Å²) in [6, 6.07) is 0. The van der Waals surface area contributed by atoms with E-state index in [0.717, 1.165) is 59.3 Å². The van der Waals surface area contributed by atoms with E-state index in [1.807, 2.05) is 0 Å². The second-order valence-electron chi connectivity index (χ2n) is 12.6. The molecule has 2 nitrogen and oxygen atoms in total. The summed E-state index contributed by atoms with van der Waals surface area (Å²) in [6.45, 7) is 13.1. The number of carbonyl (C=O) groups is 1. The number of halogens is 5. The van der Waals surface area contributed by atoms with Crippen LogP contribution in [0, 0.1) is 23.2 Å². The number of ether oxygens (including phenoxy) is 1. The highest BCUT2D eigenvalue weighted by molar-refractivity contribution is 5.88. The fourth-order valence-corrected chi connectivity index (χ4v) is 6.00. The van der Waals surface area contributed by atoms with Crippen LogP contribution in [0.25, 0.3) is 0 Å². The lowest BCUT2D eigenvalue weighted by Gasteiger charge is -2.47. The number of allylic oxidation sites excluding steroid dienone is 1. The van der Waals surface area contributed by atoms with E-state index in [9.17, 15) is 26.7 Å². The van der Waals surface area contributed by atoms with Crippen molar-refractivity contribution < 1.29 is 31.5 Å². The Morgan fingerprint density at radius 2 is 1.22 bits per heavy atom. The van der Waals surface area contributed by atoms with Crippen LogP contribution in [0.2, 0.25) is 0 Å². The first-order valence-electron chi connectivity index (χ1n) is 13.6. The van der Waals surface area contributed by atoms with Crippen LogP contribution in [0.3, 0.4) is 0 Å². The maximum Gasteiger partial charge on any atom is 0.285 e. The van der Waals surface area contributed by atoms with E-state index in [1.165, 1.54) is 0 Å². The Balaban J connectivity index is 1.87. The highest BCUT2D eigenvalue weighted by atomic mass is 19.3. The summed E-state index contributed by atoms with van der Waals surface area (Å²) in [4.78, 5) is 12.6. The van der Waals surface area contributed by atoms with Crippen LogP contribution >= 0.6 is 0 Å². The fraction of sp³-hybridized carbons (Fsp3) is 0.897. The van der Waals surface area contributed by atoms with E-state index in [0.29, 0.717) is 31.6 Å². The summed E-state index contributed by atoms with van der Waals surface area (Å²) in [5.41, 5.74) is -7.52. The second-order valence-corrected chi connectivity index (χ2v) is 12.6. The molecule has 0 aromatic carbocycles. The Morgan fingerprint density at radius 1 is 0.778 bits per heavy atom. The molecular weight excluding hydrogens is 475 g/mol. The van der Waals surface area contributed by atoms with Crippen LogP contribution in [-0.4, -0.2) is 34.8 Å². The summed E-state index contributed by atoms with van der Waals surface area (Å²) in [7, 11) is 0. The molecule has 0 heterocycles. The molecule has 0 aromatic heterocycles. The van der Waals surface area contributed by atoms with Gasteiger partial charge >= 0.3 is 0 Å². The lowest BCUT2D eigenvalue weighted by molar-refractivity contribution is -0.141. The number of carbonyl (C=O) groups excluding carboxylic acids is 1. The largest absolute Gasteiger partial charge is 0.492 e. The van der Waals surface area contributed by atoms with Crippen molar-refractivity contribution in [2.24, 2.45) is 23.2 Å². The molecule has 0 amide bonds. The molecule has 210 valence electrons. The minimum atomic E-state index is -3.57. The van der Waals surface area contributed by atoms with Gasteiger partial charge in [0.1, 0.15) is 11.4 Å². The highest BCUT2D eigenvalue weighted by Gasteiger charge is 2.52. The topological polar surface area (TPSA) is 26.3 Å². The Kier molecular flexibility index (Phi) is 9.43. The Hall–Kier alpha value is -1.14. The Labute approximate surface area is 214 Å². The molecule has 3 atom stereocenters. The minimum absolute atomic E-state index is 0.0380. The summed E-state index contributed by atoms with van der Waals surface area (Å²) in [6.07, 6.45) is 6.29. The summed E-state index contributed by atoms with van der Waals surface area (Å²) >= 11 is 0. The molecule has 0 radical (unpaired) electrons. The lowest BCUT2D eigenvalue weighted by Crippen LogP contribution is -2.49. The molecular formula is C29H47F5O2. The summed E-state index contributed by atoms with van der Waals surface area (Å²) in [5.74, 6) is -3.77. The molecule has 36 heavy (non-hydrogen) atoms. The molecule has 0 aliphatic heterocycles. The van der Waals surface area contributed by atoms with Gasteiger partial charge in [-0.25, -0.2) is 22.0 Å². The fourth-order valence-electron chi connectivity index (χ4n) is 6.00. The van der Waals surface area contributed by atoms with Crippen molar-refractivity contribution in [1.29, 1.82) is 0 Å². The average Bonchev–Trinajstić information content (AvgIpc) is 2.78. The van der Waals surface area contributed by atoms with Crippen molar-refractivity contribution in [1.82, 2.24) is 0 Å². The maximum atomic E-state index is 15.0. The zero-order chi connectivity index (χ0) is 27.7. The molecule has 0 bridgehead atoms. The molecule has 0 spiro atoms. The quantitative estimate of drug-likeness (QED) is 0.200. The van der Waals surface area contributed by atoms with Gasteiger partial charge in [-0.1, -0.05) is 27.4 Å². The van der Waals surface area contributed by atoms with Crippen molar-refractivity contribution in [3.8, 4) is 0 Å². The van der Waals surface area contributed by atoms with E-state index in [4.69, 9.17) is 4.74 Å². The zero-order valence-corrected chi connectivity index (χ0v) is 23.3. The molecule has 7 heteroatoms. The van der Waals surface area contributed by atoms with Gasteiger partial charge in [-0.2, -0.15) is 0 Å². The van der Waals surface area contributed by atoms with Crippen molar-refractivity contribution in [2.75, 3.05) is 0 Å². The van der Waals surface area contributed by atoms with Crippen LogP contribution in [0.1, 0.15) is 113 Å². The normalized spacial score (nSPS) is 31.0. The van der Waals surface area contributed by atoms with Gasteiger partial charge in [0.15, 0.2) is 11.5 Å². The van der Waals surface area contributed by atoms with Crippen molar-refractivity contribution in [2.45, 2.75) is 142 Å². The molecule has 2 fully saturated rings. The molecule has 2 rings (SSSR count). The van der Waals surface area contributed by atoms with Gasteiger partial charge in [-0.3, -0.25) is 4.79 Å². The lowest BCUT2D eigenvalue weighted by atomic mass is 9.59. The van der Waals surface area contributed by atoms with Gasteiger partial charge in [0.2, 0.25) is 5.67 Å². The zero-order valence-electron chi connectivity index (χ0n) is 23.3. The number of ketones is 1. The van der Waals surface area contributed by atoms with E-state index in [2.05, 4.69) is 20.4 Å². The molecule has 0 N–H and O–H groups in total. The van der Waals surface area contributed by atoms with Crippen molar-refractivity contribution >= 4 is 5.78 Å². The molecule has 0 aromatic rings. The smallest absolute Gasteiger partial charge is 0.285 e. The van der Waals surface area contributed by atoms with Gasteiger partial charge in [0, 0.05) is 13.3 Å². The third-order valence-electron chi connectivity index (χ3n) is 9.92. The standard InChI is InChI=1S/C29H47F5O2/c1-9-26(5,30)28(7,32)24(35)18-20-10-12-21(13-11-20)25(3,4)22-14-16-23(17-15-22)36-19(2)27(6,31)29(8,33)34/h20-23H,2,9-18H2,1,3-8H3. The minimum Gasteiger partial charge on any atom is -0.492 e. The van der Waals surface area contributed by atoms with Gasteiger partial charge in [-0.05, 0) is 102 Å². The van der Waals surface area contributed by atoms with Crippen LogP contribution in [0.5, 0.6) is 0 Å². The SMILES string of the molecule is C=C(OC1CCC(C(C)(C)C2CCC(CC(=O)C(C)(F)C(C)(F)CC)CC2)CC1)C(C)(F)C(C)(F)F. The maximum absolute atomic E-state index is 15.0. The number of hydrogen-bond donors (Lipinski definition) is 0. The first kappa shape index (κ1) is 31.1. The van der Waals surface area contributed by atoms with Gasteiger partial charge < -0.3 is 4.74 Å². The Morgan fingerprint density at radius 3 is 1.64 bits per heavy atom. The summed E-state index contributed by atoms with van der Waals surface area (Å²) < 4.78 is 76.7. The number of Topliss-reactive ketones (excluding diaryl/α,β-unsaturated/α-hetero) is 1. The first-order chi connectivity index (χ1) is 16.3.